The molecule has 0 spiro atoms. The zero-order chi connectivity index (χ0) is 12.8. The Hall–Kier alpha value is -1.10. The molecule has 0 aromatic heterocycles. The third-order valence-electron chi connectivity index (χ3n) is 2.89. The first-order valence-electron chi connectivity index (χ1n) is 5.73. The molecule has 4 N–H and O–H groups in total. The number of carbonyl (C=O) groups excluding carboxylic acids is 1. The predicted molar refractivity (Wildman–Crippen MR) is 62.0 cm³/mol. The number of carboxylic acid groups (broad SMARTS) is 1. The summed E-state index contributed by atoms with van der Waals surface area (Å²) in [6.45, 7) is 5.51. The van der Waals surface area contributed by atoms with Gasteiger partial charge >= 0.3 is 5.97 Å². The van der Waals surface area contributed by atoms with Crippen molar-refractivity contribution in [3.8, 4) is 0 Å². The average molecular weight is 230 g/mol. The second-order valence-corrected chi connectivity index (χ2v) is 4.02. The number of amides is 1. The van der Waals surface area contributed by atoms with Crippen LogP contribution in [0.5, 0.6) is 0 Å². The van der Waals surface area contributed by atoms with Gasteiger partial charge in [0.25, 0.3) is 0 Å². The molecule has 0 saturated heterocycles. The largest absolute Gasteiger partial charge is 0.480 e. The summed E-state index contributed by atoms with van der Waals surface area (Å²) in [5.74, 6) is -1.39. The molecule has 0 aliphatic rings. The van der Waals surface area contributed by atoms with Crippen LogP contribution in [0.25, 0.3) is 0 Å². The van der Waals surface area contributed by atoms with Crippen molar-refractivity contribution in [1.29, 1.82) is 0 Å². The standard InChI is InChI=1S/C11H22N2O3/c1-4-7-8(9(14)15)13-10(16)11(12,5-2)6-3/h8H,4-7,12H2,1-3H3,(H,13,16)(H,14,15). The molecule has 0 aliphatic heterocycles. The first-order valence-corrected chi connectivity index (χ1v) is 5.73. The second-order valence-electron chi connectivity index (χ2n) is 4.02. The number of hydrogen-bond donors (Lipinski definition) is 3. The van der Waals surface area contributed by atoms with Gasteiger partial charge in [-0.05, 0) is 19.3 Å². The van der Waals surface area contributed by atoms with E-state index in [-0.39, 0.29) is 5.91 Å². The topological polar surface area (TPSA) is 92.4 Å². The van der Waals surface area contributed by atoms with Crippen molar-refractivity contribution >= 4 is 11.9 Å². The van der Waals surface area contributed by atoms with Crippen LogP contribution in [0.3, 0.4) is 0 Å². The van der Waals surface area contributed by atoms with Crippen molar-refractivity contribution in [3.05, 3.63) is 0 Å². The molecule has 0 saturated carbocycles. The highest BCUT2D eigenvalue weighted by atomic mass is 16.4. The van der Waals surface area contributed by atoms with E-state index in [4.69, 9.17) is 10.8 Å². The maximum Gasteiger partial charge on any atom is 0.326 e. The third-order valence-corrected chi connectivity index (χ3v) is 2.89. The molecular formula is C11H22N2O3. The minimum atomic E-state index is -1.01. The van der Waals surface area contributed by atoms with Crippen LogP contribution < -0.4 is 11.1 Å². The number of rotatable bonds is 7. The molecule has 0 aromatic carbocycles. The fourth-order valence-electron chi connectivity index (χ4n) is 1.42. The van der Waals surface area contributed by atoms with Gasteiger partial charge < -0.3 is 16.2 Å². The summed E-state index contributed by atoms with van der Waals surface area (Å²) in [6.07, 6.45) is 2.11. The van der Waals surface area contributed by atoms with E-state index in [1.165, 1.54) is 0 Å². The summed E-state index contributed by atoms with van der Waals surface area (Å²) in [5, 5.41) is 11.4. The highest BCUT2D eigenvalue weighted by Crippen LogP contribution is 2.12. The molecule has 5 heteroatoms. The quantitative estimate of drug-likeness (QED) is 0.605. The Morgan fingerprint density at radius 2 is 1.81 bits per heavy atom. The van der Waals surface area contributed by atoms with Crippen LogP contribution in [0.4, 0.5) is 0 Å². The molecule has 0 bridgehead atoms. The van der Waals surface area contributed by atoms with E-state index in [0.717, 1.165) is 0 Å². The van der Waals surface area contributed by atoms with Crippen LogP contribution in [-0.2, 0) is 9.59 Å². The lowest BCUT2D eigenvalue weighted by Crippen LogP contribution is -2.56. The minimum absolute atomic E-state index is 0.377. The molecule has 0 rings (SSSR count). The van der Waals surface area contributed by atoms with Crippen LogP contribution in [-0.4, -0.2) is 28.6 Å². The van der Waals surface area contributed by atoms with Gasteiger partial charge in [0.2, 0.25) is 5.91 Å². The fourth-order valence-corrected chi connectivity index (χ4v) is 1.42. The van der Waals surface area contributed by atoms with E-state index >= 15 is 0 Å². The summed E-state index contributed by atoms with van der Waals surface area (Å²) in [7, 11) is 0. The van der Waals surface area contributed by atoms with E-state index in [1.807, 2.05) is 20.8 Å². The first kappa shape index (κ1) is 14.9. The van der Waals surface area contributed by atoms with Gasteiger partial charge in [0.05, 0.1) is 5.54 Å². The second kappa shape index (κ2) is 6.48. The van der Waals surface area contributed by atoms with E-state index in [2.05, 4.69) is 5.32 Å². The van der Waals surface area contributed by atoms with Crippen LogP contribution in [0.2, 0.25) is 0 Å². The number of hydrogen-bond acceptors (Lipinski definition) is 3. The number of carboxylic acids is 1. The minimum Gasteiger partial charge on any atom is -0.480 e. The molecular weight excluding hydrogens is 208 g/mol. The Kier molecular flexibility index (Phi) is 6.03. The van der Waals surface area contributed by atoms with Crippen LogP contribution in [0, 0.1) is 0 Å². The molecule has 1 atom stereocenters. The lowest BCUT2D eigenvalue weighted by Gasteiger charge is -2.27. The fraction of sp³-hybridized carbons (Fsp3) is 0.818. The Bertz CT molecular complexity index is 250. The molecule has 5 nitrogen and oxygen atoms in total. The summed E-state index contributed by atoms with van der Waals surface area (Å²) in [6, 6.07) is -0.835. The zero-order valence-corrected chi connectivity index (χ0v) is 10.2. The van der Waals surface area contributed by atoms with Crippen molar-refractivity contribution in [1.82, 2.24) is 5.32 Å². The normalized spacial score (nSPS) is 13.2. The van der Waals surface area contributed by atoms with Crippen molar-refractivity contribution in [3.63, 3.8) is 0 Å². The number of aliphatic carboxylic acids is 1. The van der Waals surface area contributed by atoms with Gasteiger partial charge in [0.1, 0.15) is 6.04 Å². The van der Waals surface area contributed by atoms with Crippen LogP contribution in [0.1, 0.15) is 46.5 Å². The van der Waals surface area contributed by atoms with Gasteiger partial charge in [-0.25, -0.2) is 4.79 Å². The Balaban J connectivity index is 4.56. The summed E-state index contributed by atoms with van der Waals surface area (Å²) in [4.78, 5) is 22.7. The number of nitrogens with two attached hydrogens (primary N) is 1. The van der Waals surface area contributed by atoms with Crippen molar-refractivity contribution in [2.45, 2.75) is 58.0 Å². The molecule has 94 valence electrons. The highest BCUT2D eigenvalue weighted by Gasteiger charge is 2.32. The van der Waals surface area contributed by atoms with E-state index in [0.29, 0.717) is 25.7 Å². The predicted octanol–water partition coefficient (Wildman–Crippen LogP) is 0.873. The zero-order valence-electron chi connectivity index (χ0n) is 10.2. The van der Waals surface area contributed by atoms with Gasteiger partial charge in [-0.3, -0.25) is 4.79 Å². The van der Waals surface area contributed by atoms with Gasteiger partial charge in [0, 0.05) is 0 Å². The van der Waals surface area contributed by atoms with Gasteiger partial charge in [0.15, 0.2) is 0 Å². The molecule has 0 aliphatic carbocycles. The number of carbonyl (C=O) groups is 2. The lowest BCUT2D eigenvalue weighted by atomic mass is 9.92. The summed E-state index contributed by atoms with van der Waals surface area (Å²) in [5.41, 5.74) is 4.92. The Morgan fingerprint density at radius 1 is 1.31 bits per heavy atom. The van der Waals surface area contributed by atoms with Crippen molar-refractivity contribution in [2.24, 2.45) is 5.73 Å². The van der Waals surface area contributed by atoms with Crippen molar-refractivity contribution in [2.75, 3.05) is 0 Å². The lowest BCUT2D eigenvalue weighted by molar-refractivity contribution is -0.143. The average Bonchev–Trinajstić information content (AvgIpc) is 2.26. The van der Waals surface area contributed by atoms with Crippen LogP contribution in [0.15, 0.2) is 0 Å². The Morgan fingerprint density at radius 3 is 2.12 bits per heavy atom. The Labute approximate surface area is 96.4 Å². The maximum absolute atomic E-state index is 11.8. The van der Waals surface area contributed by atoms with Gasteiger partial charge in [-0.1, -0.05) is 27.2 Å². The highest BCUT2D eigenvalue weighted by molar-refractivity contribution is 5.89. The smallest absolute Gasteiger partial charge is 0.326 e. The molecule has 0 aromatic rings. The molecule has 1 amide bonds. The third kappa shape index (κ3) is 3.81. The summed E-state index contributed by atoms with van der Waals surface area (Å²) >= 11 is 0. The molecule has 16 heavy (non-hydrogen) atoms. The summed E-state index contributed by atoms with van der Waals surface area (Å²) < 4.78 is 0. The molecule has 0 radical (unpaired) electrons. The molecule has 0 fully saturated rings. The monoisotopic (exact) mass is 230 g/mol. The van der Waals surface area contributed by atoms with E-state index < -0.39 is 17.6 Å². The van der Waals surface area contributed by atoms with Gasteiger partial charge in [-0.15, -0.1) is 0 Å². The van der Waals surface area contributed by atoms with Crippen LogP contribution >= 0.6 is 0 Å². The van der Waals surface area contributed by atoms with E-state index in [9.17, 15) is 9.59 Å². The van der Waals surface area contributed by atoms with E-state index in [1.54, 1.807) is 0 Å². The molecule has 1 unspecified atom stereocenters. The SMILES string of the molecule is CCCC(NC(=O)C(N)(CC)CC)C(=O)O. The number of nitrogens with one attached hydrogen (secondary N) is 1. The molecule has 0 heterocycles. The maximum atomic E-state index is 11.8. The van der Waals surface area contributed by atoms with Gasteiger partial charge in [-0.2, -0.15) is 0 Å². The first-order chi connectivity index (χ1) is 7.41. The van der Waals surface area contributed by atoms with Crippen molar-refractivity contribution < 1.29 is 14.7 Å².